The number of hydrogen-bond acceptors (Lipinski definition) is 7. The van der Waals surface area contributed by atoms with Gasteiger partial charge in [0.05, 0.1) is 4.92 Å². The number of rotatable bonds is 9. The summed E-state index contributed by atoms with van der Waals surface area (Å²) in [4.78, 5) is 22.3. The molecule has 0 radical (unpaired) electrons. The largest absolute Gasteiger partial charge is 0.438 e. The second-order valence-corrected chi connectivity index (χ2v) is 9.16. The summed E-state index contributed by atoms with van der Waals surface area (Å²) in [5, 5.41) is 17.9. The monoisotopic (exact) mass is 437 g/mol. The molecule has 12 heteroatoms. The first-order chi connectivity index (χ1) is 14.1. The number of benzene rings is 1. The molecule has 1 saturated carbocycles. The quantitative estimate of drug-likeness (QED) is 0.450. The Hall–Kier alpha value is -2.99. The average Bonchev–Trinajstić information content (AvgIpc) is 3.40. The van der Waals surface area contributed by atoms with E-state index >= 15 is 0 Å². The van der Waals surface area contributed by atoms with Crippen LogP contribution < -0.4 is 14.8 Å². The first-order valence-corrected chi connectivity index (χ1v) is 10.9. The number of non-ortho nitro benzene ring substituents is 1. The number of amides is 1. The van der Waals surface area contributed by atoms with Crippen LogP contribution in [0.5, 0.6) is 11.6 Å². The minimum atomic E-state index is -4.03. The number of sulfonamides is 1. The van der Waals surface area contributed by atoms with Gasteiger partial charge in [-0.3, -0.25) is 14.9 Å². The molecule has 30 heavy (non-hydrogen) atoms. The van der Waals surface area contributed by atoms with Gasteiger partial charge >= 0.3 is 0 Å². The molecule has 0 unspecified atom stereocenters. The number of hydrogen-bond donors (Lipinski definition) is 2. The molecule has 1 aliphatic rings. The van der Waals surface area contributed by atoms with Gasteiger partial charge in [-0.05, 0) is 24.8 Å². The highest BCUT2D eigenvalue weighted by molar-refractivity contribution is 7.89. The maximum Gasteiger partial charge on any atom is 0.271 e. The third kappa shape index (κ3) is 5.13. The van der Waals surface area contributed by atoms with E-state index in [1.54, 1.807) is 0 Å². The molecule has 2 N–H and O–H groups in total. The van der Waals surface area contributed by atoms with E-state index < -0.39 is 14.9 Å². The van der Waals surface area contributed by atoms with Gasteiger partial charge in [0.2, 0.25) is 15.9 Å². The van der Waals surface area contributed by atoms with Crippen LogP contribution in [-0.2, 0) is 17.1 Å². The lowest BCUT2D eigenvalue weighted by molar-refractivity contribution is -0.385. The van der Waals surface area contributed by atoms with E-state index in [1.807, 2.05) is 13.8 Å². The summed E-state index contributed by atoms with van der Waals surface area (Å²) in [7, 11) is -2.49. The molecular weight excluding hydrogens is 414 g/mol. The van der Waals surface area contributed by atoms with Crippen LogP contribution in [0.25, 0.3) is 0 Å². The number of nitro groups is 1. The molecule has 1 amide bonds. The number of ether oxygens (including phenoxy) is 1. The summed E-state index contributed by atoms with van der Waals surface area (Å²) in [6.07, 6.45) is 1.42. The number of carbonyl (C=O) groups is 1. The maximum atomic E-state index is 12.7. The Balaban J connectivity index is 1.91. The van der Waals surface area contributed by atoms with Crippen molar-refractivity contribution in [3.05, 3.63) is 40.1 Å². The van der Waals surface area contributed by atoms with E-state index in [4.69, 9.17) is 4.74 Å². The summed E-state index contributed by atoms with van der Waals surface area (Å²) in [6.45, 7) is 4.39. The molecule has 0 atom stereocenters. The second-order valence-electron chi connectivity index (χ2n) is 7.48. The number of nitrogens with zero attached hydrogens (tertiary/aromatic N) is 3. The second kappa shape index (κ2) is 8.40. The third-order valence-electron chi connectivity index (χ3n) is 4.28. The zero-order valence-electron chi connectivity index (χ0n) is 16.8. The molecule has 1 fully saturated rings. The predicted octanol–water partition coefficient (Wildman–Crippen LogP) is 1.95. The fraction of sp³-hybridized carbons (Fsp3) is 0.444. The molecule has 2 aromatic rings. The van der Waals surface area contributed by atoms with E-state index in [-0.39, 0.29) is 45.8 Å². The average molecular weight is 437 g/mol. The fourth-order valence-corrected chi connectivity index (χ4v) is 4.00. The van der Waals surface area contributed by atoms with Crippen molar-refractivity contribution in [2.45, 2.75) is 37.6 Å². The minimum absolute atomic E-state index is 0.106. The minimum Gasteiger partial charge on any atom is -0.438 e. The van der Waals surface area contributed by atoms with Gasteiger partial charge < -0.3 is 10.1 Å². The zero-order valence-corrected chi connectivity index (χ0v) is 17.6. The van der Waals surface area contributed by atoms with Crippen molar-refractivity contribution in [2.75, 3.05) is 6.54 Å². The van der Waals surface area contributed by atoms with Gasteiger partial charge in [-0.25, -0.2) is 17.8 Å². The predicted molar refractivity (Wildman–Crippen MR) is 107 cm³/mol. The Labute approximate surface area is 173 Å². The Bertz CT molecular complexity index is 1070. The van der Waals surface area contributed by atoms with E-state index in [0.29, 0.717) is 19.4 Å². The zero-order chi connectivity index (χ0) is 22.1. The van der Waals surface area contributed by atoms with Gasteiger partial charge in [-0.2, -0.15) is 5.10 Å². The molecule has 1 heterocycles. The summed E-state index contributed by atoms with van der Waals surface area (Å²) < 4.78 is 34.9. The van der Waals surface area contributed by atoms with E-state index in [1.165, 1.54) is 23.9 Å². The highest BCUT2D eigenvalue weighted by atomic mass is 32.2. The third-order valence-corrected chi connectivity index (χ3v) is 5.82. The van der Waals surface area contributed by atoms with Gasteiger partial charge in [-0.15, -0.1) is 0 Å². The molecule has 3 rings (SSSR count). The molecule has 0 spiro atoms. The number of nitrogens with one attached hydrogen (secondary N) is 2. The molecule has 1 aliphatic carbocycles. The maximum absolute atomic E-state index is 12.7. The van der Waals surface area contributed by atoms with Crippen LogP contribution in [0.2, 0.25) is 0 Å². The summed E-state index contributed by atoms with van der Waals surface area (Å²) in [5.41, 5.74) is -0.271. The van der Waals surface area contributed by atoms with Crippen molar-refractivity contribution < 1.29 is 22.9 Å². The Morgan fingerprint density at radius 1 is 1.37 bits per heavy atom. The van der Waals surface area contributed by atoms with Crippen molar-refractivity contribution >= 4 is 21.6 Å². The van der Waals surface area contributed by atoms with Crippen LogP contribution in [0.1, 0.15) is 37.2 Å². The van der Waals surface area contributed by atoms with Gasteiger partial charge in [0.15, 0.2) is 5.69 Å². The van der Waals surface area contributed by atoms with E-state index in [2.05, 4.69) is 15.1 Å². The van der Waals surface area contributed by atoms with Crippen LogP contribution in [0.3, 0.4) is 0 Å². The number of aryl methyl sites for hydroxylation is 1. The van der Waals surface area contributed by atoms with Gasteiger partial charge in [-0.1, -0.05) is 13.8 Å². The molecule has 162 valence electrons. The van der Waals surface area contributed by atoms with Crippen molar-refractivity contribution in [2.24, 2.45) is 13.0 Å². The van der Waals surface area contributed by atoms with Crippen LogP contribution in [-0.4, -0.2) is 41.6 Å². The van der Waals surface area contributed by atoms with Gasteiger partial charge in [0.25, 0.3) is 11.6 Å². The van der Waals surface area contributed by atoms with Gasteiger partial charge in [0, 0.05) is 37.8 Å². The lowest BCUT2D eigenvalue weighted by Gasteiger charge is -2.12. The molecule has 1 aromatic heterocycles. The molecule has 0 aliphatic heterocycles. The standard InChI is InChI=1S/C18H23N5O6S/c1-11(2)10-19-18(24)14-9-17(22(3)20-14)29-15-7-6-13(23(25)26)8-16(15)30(27,28)21-12-4-5-12/h6-9,11-12,21H,4-5,10H2,1-3H3,(H,19,24). The first kappa shape index (κ1) is 21.7. The number of aromatic nitrogens is 2. The smallest absolute Gasteiger partial charge is 0.271 e. The van der Waals surface area contributed by atoms with Crippen LogP contribution in [0.4, 0.5) is 5.69 Å². The Kier molecular flexibility index (Phi) is 6.08. The fourth-order valence-electron chi connectivity index (χ4n) is 2.55. The summed E-state index contributed by atoms with van der Waals surface area (Å²) >= 11 is 0. The Morgan fingerprint density at radius 3 is 2.67 bits per heavy atom. The summed E-state index contributed by atoms with van der Waals surface area (Å²) in [6, 6.07) is 4.51. The van der Waals surface area contributed by atoms with Crippen LogP contribution in [0, 0.1) is 16.0 Å². The molecular formula is C18H23N5O6S. The van der Waals surface area contributed by atoms with Crippen LogP contribution >= 0.6 is 0 Å². The molecule has 11 nitrogen and oxygen atoms in total. The number of nitro benzene ring substituents is 1. The van der Waals surface area contributed by atoms with Crippen molar-refractivity contribution in [3.63, 3.8) is 0 Å². The summed E-state index contributed by atoms with van der Waals surface area (Å²) in [5.74, 6) is -0.117. The highest BCUT2D eigenvalue weighted by Gasteiger charge is 2.31. The molecule has 1 aromatic carbocycles. The highest BCUT2D eigenvalue weighted by Crippen LogP contribution is 2.33. The van der Waals surface area contributed by atoms with Crippen LogP contribution in [0.15, 0.2) is 29.2 Å². The Morgan fingerprint density at radius 2 is 2.07 bits per heavy atom. The van der Waals surface area contributed by atoms with E-state index in [0.717, 1.165) is 12.1 Å². The number of carbonyl (C=O) groups excluding carboxylic acids is 1. The molecule has 0 saturated heterocycles. The first-order valence-electron chi connectivity index (χ1n) is 9.37. The lowest BCUT2D eigenvalue weighted by atomic mass is 10.2. The molecule has 0 bridgehead atoms. The van der Waals surface area contributed by atoms with Crippen molar-refractivity contribution in [3.8, 4) is 11.6 Å². The SMILES string of the molecule is CC(C)CNC(=O)c1cc(Oc2ccc([N+](=O)[O-])cc2S(=O)(=O)NC2CC2)n(C)n1. The normalized spacial score (nSPS) is 14.0. The van der Waals surface area contributed by atoms with Crippen molar-refractivity contribution in [1.82, 2.24) is 19.8 Å². The van der Waals surface area contributed by atoms with Gasteiger partial charge in [0.1, 0.15) is 10.6 Å². The lowest BCUT2D eigenvalue weighted by Crippen LogP contribution is -2.27. The van der Waals surface area contributed by atoms with E-state index in [9.17, 15) is 23.3 Å². The van der Waals surface area contributed by atoms with Crippen molar-refractivity contribution in [1.29, 1.82) is 0 Å². The topological polar surface area (TPSA) is 145 Å².